The second-order valence-corrected chi connectivity index (χ2v) is 8.19. The highest BCUT2D eigenvalue weighted by Gasteiger charge is 2.56. The van der Waals surface area contributed by atoms with Crippen LogP contribution < -0.4 is 0 Å². The lowest BCUT2D eigenvalue weighted by molar-refractivity contribution is -0.133. The van der Waals surface area contributed by atoms with Crippen LogP contribution in [0.4, 0.5) is 0 Å². The number of aliphatic hydroxyl groups excluding tert-OH is 1. The second-order valence-electron chi connectivity index (χ2n) is 8.19. The second kappa shape index (κ2) is 5.70. The Kier molecular flexibility index (Phi) is 4.12. The quantitative estimate of drug-likeness (QED) is 0.639. The molecule has 3 nitrogen and oxygen atoms in total. The molecule has 3 rings (SSSR count). The van der Waals surface area contributed by atoms with Gasteiger partial charge in [-0.25, -0.2) is 0 Å². The van der Waals surface area contributed by atoms with E-state index in [0.29, 0.717) is 12.3 Å². The molecule has 0 radical (unpaired) electrons. The fourth-order valence-corrected chi connectivity index (χ4v) is 5.13. The fourth-order valence-electron chi connectivity index (χ4n) is 5.13. The summed E-state index contributed by atoms with van der Waals surface area (Å²) in [4.78, 5) is 25.0. The van der Waals surface area contributed by atoms with Crippen molar-refractivity contribution in [1.82, 2.24) is 0 Å². The first-order valence-electron chi connectivity index (χ1n) is 8.90. The molecule has 3 heteroatoms. The van der Waals surface area contributed by atoms with E-state index in [-0.39, 0.29) is 29.1 Å². The number of fused-ring (bicyclic) bond motifs is 3. The molecule has 0 amide bonds. The first kappa shape index (κ1) is 16.6. The number of hydrogen-bond donors (Lipinski definition) is 1. The molecule has 1 N–H and O–H groups in total. The molecule has 3 atom stereocenters. The predicted molar refractivity (Wildman–Crippen MR) is 89.8 cm³/mol. The van der Waals surface area contributed by atoms with Gasteiger partial charge in [-0.15, -0.1) is 0 Å². The zero-order valence-electron chi connectivity index (χ0n) is 14.5. The zero-order chi connectivity index (χ0) is 16.8. The highest BCUT2D eigenvalue weighted by atomic mass is 16.3. The molecule has 0 saturated heterocycles. The van der Waals surface area contributed by atoms with Crippen LogP contribution in [0.25, 0.3) is 0 Å². The van der Waals surface area contributed by atoms with E-state index in [1.165, 1.54) is 17.4 Å². The summed E-state index contributed by atoms with van der Waals surface area (Å²) >= 11 is 0. The Hall–Kier alpha value is -1.22. The van der Waals surface area contributed by atoms with Crippen LogP contribution in [-0.4, -0.2) is 23.8 Å². The molecule has 126 valence electrons. The minimum atomic E-state index is -0.389. The maximum absolute atomic E-state index is 12.9. The van der Waals surface area contributed by atoms with Crippen LogP contribution in [0.2, 0.25) is 0 Å². The molecular formula is C20H28O3. The molecule has 0 aliphatic heterocycles. The monoisotopic (exact) mass is 316 g/mol. The standard InChI is InChI=1S/C20H28O3/c1-13(2)15-6-7-20(12-22)9-8-19(3)16(18(15)20)5-4-14(11-21)10-17(19)23/h4,12-13,16,21H,5-11H2,1-3H3/t16-,19-,20-/m1/s1. The molecule has 0 aromatic heterocycles. The van der Waals surface area contributed by atoms with Crippen LogP contribution >= 0.6 is 0 Å². The van der Waals surface area contributed by atoms with Gasteiger partial charge in [-0.1, -0.05) is 38.0 Å². The smallest absolute Gasteiger partial charge is 0.143 e. The van der Waals surface area contributed by atoms with Gasteiger partial charge in [0.1, 0.15) is 12.1 Å². The normalized spacial score (nSPS) is 37.3. The number of Topliss-reactive ketones (excluding diaryl/α,β-unsaturated/α-hetero) is 1. The molecule has 1 fully saturated rings. The molecule has 3 aliphatic carbocycles. The van der Waals surface area contributed by atoms with Crippen molar-refractivity contribution in [1.29, 1.82) is 0 Å². The van der Waals surface area contributed by atoms with Crippen LogP contribution in [0.3, 0.4) is 0 Å². The Morgan fingerprint density at radius 3 is 2.70 bits per heavy atom. The maximum atomic E-state index is 12.9. The molecule has 0 bridgehead atoms. The number of aliphatic hydroxyl groups is 1. The molecular weight excluding hydrogens is 288 g/mol. The first-order valence-corrected chi connectivity index (χ1v) is 8.90. The average molecular weight is 316 g/mol. The summed E-state index contributed by atoms with van der Waals surface area (Å²) < 4.78 is 0. The van der Waals surface area contributed by atoms with Gasteiger partial charge in [0.25, 0.3) is 0 Å². The lowest BCUT2D eigenvalue weighted by Crippen LogP contribution is -2.46. The average Bonchev–Trinajstić information content (AvgIpc) is 2.87. The molecule has 0 aromatic carbocycles. The number of allylic oxidation sites excluding steroid dienone is 3. The van der Waals surface area contributed by atoms with Crippen molar-refractivity contribution < 1.29 is 14.7 Å². The highest BCUT2D eigenvalue weighted by molar-refractivity contribution is 5.89. The van der Waals surface area contributed by atoms with E-state index in [1.807, 2.05) is 0 Å². The van der Waals surface area contributed by atoms with Crippen molar-refractivity contribution in [3.05, 3.63) is 22.8 Å². The Labute approximate surface area is 138 Å². The predicted octanol–water partition coefficient (Wildman–Crippen LogP) is 3.62. The number of aldehydes is 1. The summed E-state index contributed by atoms with van der Waals surface area (Å²) in [5.41, 5.74) is 2.80. The Bertz CT molecular complexity index is 598. The van der Waals surface area contributed by atoms with Crippen LogP contribution in [0, 0.1) is 22.7 Å². The zero-order valence-corrected chi connectivity index (χ0v) is 14.5. The number of ketones is 1. The highest BCUT2D eigenvalue weighted by Crippen LogP contribution is 2.61. The SMILES string of the molecule is CC(C)C1=C2[C@H]3CC=C(CO)CC(=O)[C@]3(C)CC[C@@]2(C=O)CC1. The Morgan fingerprint density at radius 1 is 1.35 bits per heavy atom. The van der Waals surface area contributed by atoms with Gasteiger partial charge in [0.2, 0.25) is 0 Å². The van der Waals surface area contributed by atoms with Crippen molar-refractivity contribution >= 4 is 12.1 Å². The Balaban J connectivity index is 2.14. The van der Waals surface area contributed by atoms with Gasteiger partial charge in [0, 0.05) is 17.3 Å². The number of carbonyl (C=O) groups is 2. The van der Waals surface area contributed by atoms with Crippen molar-refractivity contribution in [2.75, 3.05) is 6.61 Å². The van der Waals surface area contributed by atoms with Crippen LogP contribution in [-0.2, 0) is 9.59 Å². The topological polar surface area (TPSA) is 54.4 Å². The summed E-state index contributed by atoms with van der Waals surface area (Å²) in [6, 6.07) is 0. The van der Waals surface area contributed by atoms with Crippen LogP contribution in [0.5, 0.6) is 0 Å². The maximum Gasteiger partial charge on any atom is 0.143 e. The van der Waals surface area contributed by atoms with E-state index < -0.39 is 0 Å². The molecule has 1 saturated carbocycles. The minimum Gasteiger partial charge on any atom is -0.392 e. The summed E-state index contributed by atoms with van der Waals surface area (Å²) in [6.07, 6.45) is 7.86. The van der Waals surface area contributed by atoms with Crippen molar-refractivity contribution in [3.8, 4) is 0 Å². The van der Waals surface area contributed by atoms with E-state index in [1.54, 1.807) is 0 Å². The molecule has 0 heterocycles. The third-order valence-electron chi connectivity index (χ3n) is 6.72. The first-order chi connectivity index (χ1) is 10.9. The lowest BCUT2D eigenvalue weighted by Gasteiger charge is -2.48. The Morgan fingerprint density at radius 2 is 2.09 bits per heavy atom. The van der Waals surface area contributed by atoms with E-state index >= 15 is 0 Å². The lowest BCUT2D eigenvalue weighted by atomic mass is 9.54. The summed E-state index contributed by atoms with van der Waals surface area (Å²) in [6.45, 7) is 6.45. The molecule has 0 unspecified atom stereocenters. The van der Waals surface area contributed by atoms with Crippen molar-refractivity contribution in [3.63, 3.8) is 0 Å². The van der Waals surface area contributed by atoms with Crippen LogP contribution in [0.1, 0.15) is 59.3 Å². The van der Waals surface area contributed by atoms with Crippen LogP contribution in [0.15, 0.2) is 22.8 Å². The van der Waals surface area contributed by atoms with Gasteiger partial charge in [-0.2, -0.15) is 0 Å². The van der Waals surface area contributed by atoms with Gasteiger partial charge in [-0.3, -0.25) is 4.79 Å². The number of carbonyl (C=O) groups excluding carboxylic acids is 2. The van der Waals surface area contributed by atoms with Gasteiger partial charge >= 0.3 is 0 Å². The van der Waals surface area contributed by atoms with Gasteiger partial charge < -0.3 is 9.90 Å². The molecule has 0 aromatic rings. The van der Waals surface area contributed by atoms with E-state index in [0.717, 1.165) is 37.7 Å². The van der Waals surface area contributed by atoms with E-state index in [2.05, 4.69) is 26.8 Å². The molecule has 0 spiro atoms. The summed E-state index contributed by atoms with van der Waals surface area (Å²) in [5.74, 6) is 0.786. The van der Waals surface area contributed by atoms with E-state index in [4.69, 9.17) is 0 Å². The van der Waals surface area contributed by atoms with Gasteiger partial charge in [-0.05, 0) is 49.5 Å². The fraction of sp³-hybridized carbons (Fsp3) is 0.700. The molecule has 3 aliphatic rings. The third-order valence-corrected chi connectivity index (χ3v) is 6.72. The van der Waals surface area contributed by atoms with E-state index in [9.17, 15) is 14.7 Å². The van der Waals surface area contributed by atoms with Crippen molar-refractivity contribution in [2.24, 2.45) is 22.7 Å². The minimum absolute atomic E-state index is 0.0382. The van der Waals surface area contributed by atoms with Gasteiger partial charge in [0.15, 0.2) is 0 Å². The third kappa shape index (κ3) is 2.36. The number of hydrogen-bond acceptors (Lipinski definition) is 3. The number of rotatable bonds is 3. The summed E-state index contributed by atoms with van der Waals surface area (Å²) in [7, 11) is 0. The van der Waals surface area contributed by atoms with Crippen molar-refractivity contribution in [2.45, 2.75) is 59.3 Å². The summed E-state index contributed by atoms with van der Waals surface area (Å²) in [5, 5.41) is 9.49. The largest absolute Gasteiger partial charge is 0.392 e. The molecule has 23 heavy (non-hydrogen) atoms. The van der Waals surface area contributed by atoms with Gasteiger partial charge in [0.05, 0.1) is 6.61 Å².